The summed E-state index contributed by atoms with van der Waals surface area (Å²) in [5.74, 6) is -2.27. The Morgan fingerprint density at radius 1 is 0.382 bits per heavy atom. The van der Waals surface area contributed by atoms with Crippen LogP contribution in [0.15, 0.2) is 0 Å². The third-order valence-electron chi connectivity index (χ3n) is 7.49. The van der Waals surface area contributed by atoms with E-state index in [2.05, 4.69) is 13.8 Å². The SMILES string of the molecule is CCCCCCCCCCCCCCC(CCCCCCCCCCCCCC)CC(O)(O)O. The van der Waals surface area contributed by atoms with Crippen LogP contribution in [-0.2, 0) is 0 Å². The smallest absolute Gasteiger partial charge is 0.275 e. The van der Waals surface area contributed by atoms with Gasteiger partial charge in [0.25, 0.3) is 5.97 Å². The van der Waals surface area contributed by atoms with Crippen molar-refractivity contribution < 1.29 is 15.3 Å². The highest BCUT2D eigenvalue weighted by atomic mass is 16.7. The van der Waals surface area contributed by atoms with E-state index in [9.17, 15) is 15.3 Å². The van der Waals surface area contributed by atoms with E-state index in [1.165, 1.54) is 141 Å². The Morgan fingerprint density at radius 2 is 0.618 bits per heavy atom. The molecule has 0 aliphatic carbocycles. The topological polar surface area (TPSA) is 60.7 Å². The molecule has 0 aliphatic rings. The largest absolute Gasteiger partial charge is 0.344 e. The summed E-state index contributed by atoms with van der Waals surface area (Å²) < 4.78 is 0. The second-order valence-corrected chi connectivity index (χ2v) is 11.2. The van der Waals surface area contributed by atoms with Crippen LogP contribution in [0.2, 0.25) is 0 Å². The lowest BCUT2D eigenvalue weighted by molar-refractivity contribution is -0.320. The highest BCUT2D eigenvalue weighted by Gasteiger charge is 2.24. The molecule has 0 saturated heterocycles. The molecule has 0 aromatic carbocycles. The zero-order valence-electron chi connectivity index (χ0n) is 23.5. The highest BCUT2D eigenvalue weighted by molar-refractivity contribution is 4.65. The molecule has 0 amide bonds. The molecule has 3 N–H and O–H groups in total. The maximum Gasteiger partial charge on any atom is 0.275 e. The Balaban J connectivity index is 3.64. The fraction of sp³-hybridized carbons (Fsp3) is 1.00. The van der Waals surface area contributed by atoms with Gasteiger partial charge in [-0.2, -0.15) is 0 Å². The summed E-state index contributed by atoms with van der Waals surface area (Å²) in [7, 11) is 0. The van der Waals surface area contributed by atoms with Crippen LogP contribution in [-0.4, -0.2) is 21.3 Å². The molecule has 0 aromatic rings. The molecule has 0 spiro atoms. The van der Waals surface area contributed by atoms with Gasteiger partial charge >= 0.3 is 0 Å². The number of unbranched alkanes of at least 4 members (excludes halogenated alkanes) is 22. The quantitative estimate of drug-likeness (QED) is 0.0764. The van der Waals surface area contributed by atoms with Crippen molar-refractivity contribution in [1.29, 1.82) is 0 Å². The molecule has 0 saturated carbocycles. The van der Waals surface area contributed by atoms with E-state index >= 15 is 0 Å². The first-order valence-electron chi connectivity index (χ1n) is 15.7. The van der Waals surface area contributed by atoms with Crippen molar-refractivity contribution in [3.05, 3.63) is 0 Å². The molecule has 0 bridgehead atoms. The van der Waals surface area contributed by atoms with Crippen molar-refractivity contribution in [3.8, 4) is 0 Å². The molecular formula is C31H64O3. The van der Waals surface area contributed by atoms with Crippen molar-refractivity contribution >= 4 is 0 Å². The fourth-order valence-corrected chi connectivity index (χ4v) is 5.28. The molecule has 3 heteroatoms. The first kappa shape index (κ1) is 33.9. The van der Waals surface area contributed by atoms with Crippen LogP contribution in [0.1, 0.15) is 187 Å². The van der Waals surface area contributed by atoms with Gasteiger partial charge in [0.15, 0.2) is 0 Å². The molecule has 0 unspecified atom stereocenters. The maximum absolute atomic E-state index is 9.48. The first-order chi connectivity index (χ1) is 16.5. The summed E-state index contributed by atoms with van der Waals surface area (Å²) in [5, 5.41) is 28.4. The van der Waals surface area contributed by atoms with Crippen molar-refractivity contribution in [3.63, 3.8) is 0 Å². The molecular weight excluding hydrogens is 420 g/mol. The summed E-state index contributed by atoms with van der Waals surface area (Å²) >= 11 is 0. The van der Waals surface area contributed by atoms with E-state index in [4.69, 9.17) is 0 Å². The normalized spacial score (nSPS) is 12.2. The van der Waals surface area contributed by atoms with Gasteiger partial charge in [-0.05, 0) is 5.92 Å². The fourth-order valence-electron chi connectivity index (χ4n) is 5.28. The van der Waals surface area contributed by atoms with Gasteiger partial charge in [-0.25, -0.2) is 0 Å². The molecule has 0 atom stereocenters. The molecule has 0 fully saturated rings. The van der Waals surface area contributed by atoms with Crippen molar-refractivity contribution in [2.75, 3.05) is 0 Å². The van der Waals surface area contributed by atoms with Crippen LogP contribution in [0, 0.1) is 5.92 Å². The minimum absolute atomic E-state index is 0.100. The maximum atomic E-state index is 9.48. The molecule has 0 radical (unpaired) electrons. The van der Waals surface area contributed by atoms with Crippen LogP contribution < -0.4 is 0 Å². The molecule has 206 valence electrons. The van der Waals surface area contributed by atoms with Gasteiger partial charge < -0.3 is 15.3 Å². The van der Waals surface area contributed by atoms with Gasteiger partial charge in [0.1, 0.15) is 0 Å². The van der Waals surface area contributed by atoms with E-state index in [-0.39, 0.29) is 12.3 Å². The number of rotatable bonds is 28. The number of hydrogen-bond acceptors (Lipinski definition) is 3. The first-order valence-corrected chi connectivity index (χ1v) is 15.7. The summed E-state index contributed by atoms with van der Waals surface area (Å²) in [4.78, 5) is 0. The Bertz CT molecular complexity index is 349. The predicted molar refractivity (Wildman–Crippen MR) is 149 cm³/mol. The molecule has 0 aliphatic heterocycles. The Kier molecular flexibility index (Phi) is 25.9. The highest BCUT2D eigenvalue weighted by Crippen LogP contribution is 2.25. The summed E-state index contributed by atoms with van der Waals surface area (Å²) in [5.41, 5.74) is 0. The average Bonchev–Trinajstić information content (AvgIpc) is 2.79. The predicted octanol–water partition coefficient (Wildman–Crippen LogP) is 9.81. The van der Waals surface area contributed by atoms with Gasteiger partial charge in [-0.3, -0.25) is 0 Å². The minimum Gasteiger partial charge on any atom is -0.344 e. The van der Waals surface area contributed by atoms with Crippen LogP contribution in [0.5, 0.6) is 0 Å². The molecule has 0 heterocycles. The second kappa shape index (κ2) is 26.0. The monoisotopic (exact) mass is 484 g/mol. The van der Waals surface area contributed by atoms with Gasteiger partial charge in [-0.1, -0.05) is 181 Å². The molecule has 3 nitrogen and oxygen atoms in total. The lowest BCUT2D eigenvalue weighted by Gasteiger charge is -2.22. The Morgan fingerprint density at radius 3 is 0.853 bits per heavy atom. The zero-order valence-corrected chi connectivity index (χ0v) is 23.5. The van der Waals surface area contributed by atoms with Crippen molar-refractivity contribution in [2.24, 2.45) is 5.92 Å². The summed E-state index contributed by atoms with van der Waals surface area (Å²) in [6.45, 7) is 4.55. The summed E-state index contributed by atoms with van der Waals surface area (Å²) in [6, 6.07) is 0. The van der Waals surface area contributed by atoms with Gasteiger partial charge in [0, 0.05) is 6.42 Å². The molecule has 0 rings (SSSR count). The van der Waals surface area contributed by atoms with Crippen LogP contribution >= 0.6 is 0 Å². The lowest BCUT2D eigenvalue weighted by atomic mass is 9.90. The van der Waals surface area contributed by atoms with E-state index < -0.39 is 5.97 Å². The molecule has 0 aromatic heterocycles. The zero-order chi connectivity index (χ0) is 25.2. The van der Waals surface area contributed by atoms with Crippen molar-refractivity contribution in [2.45, 2.75) is 193 Å². The lowest BCUT2D eigenvalue weighted by Crippen LogP contribution is -2.30. The minimum atomic E-state index is -2.50. The van der Waals surface area contributed by atoms with E-state index in [1.807, 2.05) is 0 Å². The van der Waals surface area contributed by atoms with E-state index in [0.29, 0.717) is 0 Å². The van der Waals surface area contributed by atoms with E-state index in [0.717, 1.165) is 25.7 Å². The van der Waals surface area contributed by atoms with Gasteiger partial charge in [0.05, 0.1) is 0 Å². The number of aliphatic hydroxyl groups is 3. The standard InChI is InChI=1S/C31H64O3/c1-3-5-7-9-11-13-15-17-19-21-23-25-27-30(29-31(32,33)34)28-26-24-22-20-18-16-14-12-10-8-6-4-2/h30,32-34H,3-29H2,1-2H3. The Hall–Kier alpha value is -0.120. The Labute approximate surface area is 214 Å². The third-order valence-corrected chi connectivity index (χ3v) is 7.49. The van der Waals surface area contributed by atoms with Gasteiger partial charge in [-0.15, -0.1) is 0 Å². The van der Waals surface area contributed by atoms with Crippen LogP contribution in [0.25, 0.3) is 0 Å². The summed E-state index contributed by atoms with van der Waals surface area (Å²) in [6.07, 6.45) is 34.4. The average molecular weight is 485 g/mol. The second-order valence-electron chi connectivity index (χ2n) is 11.2. The van der Waals surface area contributed by atoms with Crippen LogP contribution in [0.4, 0.5) is 0 Å². The van der Waals surface area contributed by atoms with Gasteiger partial charge in [0.2, 0.25) is 0 Å². The number of hydrogen-bond donors (Lipinski definition) is 3. The van der Waals surface area contributed by atoms with Crippen LogP contribution in [0.3, 0.4) is 0 Å². The van der Waals surface area contributed by atoms with Crippen molar-refractivity contribution in [1.82, 2.24) is 0 Å². The molecule has 34 heavy (non-hydrogen) atoms. The van der Waals surface area contributed by atoms with E-state index in [1.54, 1.807) is 0 Å². The third kappa shape index (κ3) is 28.1.